The third-order valence-corrected chi connectivity index (χ3v) is 12.5. The summed E-state index contributed by atoms with van der Waals surface area (Å²) in [5.41, 5.74) is -0.275. The number of carboxylic acids is 2. The number of carbonyl (C=O) groups excluding carboxylic acids is 2. The Balaban J connectivity index is 0.000000804. The molecule has 0 aliphatic heterocycles. The molecule has 0 saturated heterocycles. The van der Waals surface area contributed by atoms with Crippen LogP contribution in [0.3, 0.4) is 0 Å². The van der Waals surface area contributed by atoms with Crippen molar-refractivity contribution in [3.63, 3.8) is 0 Å². The number of sulfone groups is 1. The average Bonchev–Trinajstić information content (AvgIpc) is 3.20. The van der Waals surface area contributed by atoms with Crippen LogP contribution in [-0.2, 0) is 9.84 Å². The molecule has 55 heavy (non-hydrogen) atoms. The Morgan fingerprint density at radius 1 is 0.400 bits per heavy atom. The van der Waals surface area contributed by atoms with Crippen molar-refractivity contribution in [2.75, 3.05) is 52.4 Å². The second kappa shape index (κ2) is 30.4. The van der Waals surface area contributed by atoms with E-state index in [-0.39, 0.29) is 20.9 Å². The zero-order chi connectivity index (χ0) is 41.6. The topological polar surface area (TPSA) is 114 Å². The lowest BCUT2D eigenvalue weighted by Crippen LogP contribution is -2.50. The Hall–Kier alpha value is -2.75. The fourth-order valence-electron chi connectivity index (χ4n) is 6.97. The summed E-state index contributed by atoms with van der Waals surface area (Å²) in [6.45, 7) is 30.0. The van der Waals surface area contributed by atoms with E-state index in [4.69, 9.17) is 0 Å². The minimum atomic E-state index is -3.85. The number of hydrogen-bond acceptors (Lipinski definition) is 6. The molecule has 316 valence electrons. The molecule has 0 unspecified atom stereocenters. The summed E-state index contributed by atoms with van der Waals surface area (Å²) in [4.78, 5) is 21.0. The van der Waals surface area contributed by atoms with E-state index in [1.165, 1.54) is 164 Å². The van der Waals surface area contributed by atoms with Gasteiger partial charge < -0.3 is 28.8 Å². The number of quaternary nitrogens is 2. The van der Waals surface area contributed by atoms with Crippen molar-refractivity contribution < 1.29 is 37.2 Å². The number of hydrogen-bond donors (Lipinski definition) is 0. The van der Waals surface area contributed by atoms with Crippen molar-refractivity contribution in [3.8, 4) is 0 Å². The molecule has 0 fully saturated rings. The molecule has 0 bridgehead atoms. The van der Waals surface area contributed by atoms with Gasteiger partial charge in [-0.3, -0.25) is 0 Å². The third-order valence-electron chi connectivity index (χ3n) is 10.7. The molecule has 0 N–H and O–H groups in total. The van der Waals surface area contributed by atoms with Crippen LogP contribution in [0.1, 0.15) is 179 Å². The fourth-order valence-corrected chi connectivity index (χ4v) is 8.23. The lowest BCUT2D eigenvalue weighted by molar-refractivity contribution is -0.929. The van der Waals surface area contributed by atoms with Gasteiger partial charge >= 0.3 is 0 Å². The van der Waals surface area contributed by atoms with Gasteiger partial charge in [0.05, 0.1) is 74.1 Å². The van der Waals surface area contributed by atoms with Crippen LogP contribution in [0.15, 0.2) is 58.3 Å². The van der Waals surface area contributed by atoms with E-state index < -0.39 is 21.8 Å². The molecule has 0 saturated carbocycles. The molecule has 0 radical (unpaired) electrons. The third kappa shape index (κ3) is 20.8. The van der Waals surface area contributed by atoms with Crippen LogP contribution >= 0.6 is 0 Å². The predicted octanol–water partition coefficient (Wildman–Crippen LogP) is 9.25. The van der Waals surface area contributed by atoms with E-state index in [0.717, 1.165) is 48.5 Å². The molecule has 2 aromatic rings. The van der Waals surface area contributed by atoms with Crippen LogP contribution in [-0.4, -0.2) is 81.7 Å². The van der Waals surface area contributed by atoms with Gasteiger partial charge in [-0.2, -0.15) is 0 Å². The normalized spacial score (nSPS) is 11.6. The maximum Gasteiger partial charge on any atom is 0.206 e. The van der Waals surface area contributed by atoms with Gasteiger partial charge in [0.2, 0.25) is 9.84 Å². The number of carbonyl (C=O) groups is 2. The second-order valence-electron chi connectivity index (χ2n) is 15.4. The van der Waals surface area contributed by atoms with Crippen LogP contribution in [0.5, 0.6) is 0 Å². The van der Waals surface area contributed by atoms with Crippen molar-refractivity contribution in [2.45, 2.75) is 168 Å². The summed E-state index contributed by atoms with van der Waals surface area (Å²) in [6, 6.07) is 9.07. The van der Waals surface area contributed by atoms with Gasteiger partial charge in [0, 0.05) is 0 Å². The maximum atomic E-state index is 12.3. The molecule has 2 rings (SSSR count). The molecule has 0 heterocycles. The van der Waals surface area contributed by atoms with Gasteiger partial charge in [-0.15, -0.1) is 0 Å². The van der Waals surface area contributed by atoms with Crippen LogP contribution < -0.4 is 10.2 Å². The van der Waals surface area contributed by atoms with E-state index >= 15 is 0 Å². The predicted molar refractivity (Wildman–Crippen MR) is 226 cm³/mol. The first kappa shape index (κ1) is 52.2. The summed E-state index contributed by atoms with van der Waals surface area (Å²) >= 11 is 0. The van der Waals surface area contributed by atoms with Crippen LogP contribution in [0, 0.1) is 0 Å². The van der Waals surface area contributed by atoms with Crippen molar-refractivity contribution in [1.29, 1.82) is 0 Å². The minimum absolute atomic E-state index is 0.103. The van der Waals surface area contributed by atoms with Crippen LogP contribution in [0.25, 0.3) is 0 Å². The first-order valence-corrected chi connectivity index (χ1v) is 23.4. The van der Waals surface area contributed by atoms with E-state index in [1.54, 1.807) is 0 Å². The Bertz CT molecular complexity index is 1200. The Labute approximate surface area is 337 Å². The van der Waals surface area contributed by atoms with Crippen molar-refractivity contribution >= 4 is 21.8 Å². The fraction of sp³-hybridized carbons (Fsp3) is 0.696. The SMILES string of the molecule is CCCC[N+](CCCC)(CCCC)CCCC.CCCC[N+](CCCC)(CCCC)CCCC.O=C([O-])c1ccc(S(=O)(=O)c2ccc(C(=O)[O-])cc2)cc1. The number of aromatic carboxylic acids is 2. The molecule has 0 aliphatic rings. The summed E-state index contributed by atoms with van der Waals surface area (Å²) in [6.07, 6.45) is 22.1. The molecule has 9 heteroatoms. The van der Waals surface area contributed by atoms with E-state index in [0.29, 0.717) is 0 Å². The van der Waals surface area contributed by atoms with Crippen molar-refractivity contribution in [1.82, 2.24) is 0 Å². The maximum absolute atomic E-state index is 12.3. The minimum Gasteiger partial charge on any atom is -0.545 e. The van der Waals surface area contributed by atoms with E-state index in [1.807, 2.05) is 0 Å². The molecule has 0 spiro atoms. The van der Waals surface area contributed by atoms with Gasteiger partial charge in [-0.1, -0.05) is 131 Å². The van der Waals surface area contributed by atoms with Gasteiger partial charge in [0.15, 0.2) is 0 Å². The highest BCUT2D eigenvalue weighted by Gasteiger charge is 2.26. The van der Waals surface area contributed by atoms with Crippen LogP contribution in [0.2, 0.25) is 0 Å². The smallest absolute Gasteiger partial charge is 0.206 e. The Morgan fingerprint density at radius 2 is 0.582 bits per heavy atom. The zero-order valence-electron chi connectivity index (χ0n) is 36.3. The quantitative estimate of drug-likeness (QED) is 0.0795. The molecule has 0 amide bonds. The molecule has 0 aliphatic carbocycles. The average molecular weight is 789 g/mol. The summed E-state index contributed by atoms with van der Waals surface area (Å²) < 4.78 is 27.4. The Kier molecular flexibility index (Phi) is 28.9. The standard InChI is InChI=1S/2C16H36N.C14H10O6S/c2*1-5-9-13-17(14-10-6-2,15-11-7-3)16-12-8-4;15-13(16)9-1-5-11(6-2-9)21(19,20)12-7-3-10(4-8-12)14(17)18/h2*5-16H2,1-4H3;1-8H,(H,15,16)(H,17,18)/q2*+1;/p-2. The number of nitrogens with zero attached hydrogens (tertiary/aromatic N) is 2. The second-order valence-corrected chi connectivity index (χ2v) is 17.4. The Morgan fingerprint density at radius 3 is 0.727 bits per heavy atom. The highest BCUT2D eigenvalue weighted by atomic mass is 32.2. The van der Waals surface area contributed by atoms with Gasteiger partial charge in [0.25, 0.3) is 0 Å². The van der Waals surface area contributed by atoms with Gasteiger partial charge in [-0.05, 0) is 86.8 Å². The molecule has 2 aromatic carbocycles. The van der Waals surface area contributed by atoms with E-state index in [9.17, 15) is 28.2 Å². The molecular weight excluding hydrogens is 709 g/mol. The monoisotopic (exact) mass is 789 g/mol. The molecule has 0 aromatic heterocycles. The summed E-state index contributed by atoms with van der Waals surface area (Å²) in [5.74, 6) is -2.81. The lowest BCUT2D eigenvalue weighted by Gasteiger charge is -2.39. The number of carboxylic acid groups (broad SMARTS) is 2. The molecular formula is C46H80N2O6S. The van der Waals surface area contributed by atoms with Crippen LogP contribution in [0.4, 0.5) is 0 Å². The van der Waals surface area contributed by atoms with Gasteiger partial charge in [-0.25, -0.2) is 8.42 Å². The lowest BCUT2D eigenvalue weighted by atomic mass is 10.1. The molecule has 0 atom stereocenters. The summed E-state index contributed by atoms with van der Waals surface area (Å²) in [5, 5.41) is 21.2. The number of benzene rings is 2. The van der Waals surface area contributed by atoms with Gasteiger partial charge in [0.1, 0.15) is 0 Å². The first-order valence-electron chi connectivity index (χ1n) is 21.9. The molecule has 8 nitrogen and oxygen atoms in total. The first-order chi connectivity index (χ1) is 26.3. The largest absolute Gasteiger partial charge is 0.545 e. The highest BCUT2D eigenvalue weighted by Crippen LogP contribution is 2.22. The zero-order valence-corrected chi connectivity index (χ0v) is 37.2. The van der Waals surface area contributed by atoms with E-state index in [2.05, 4.69) is 55.4 Å². The van der Waals surface area contributed by atoms with Crippen molar-refractivity contribution in [2.24, 2.45) is 0 Å². The van der Waals surface area contributed by atoms with Crippen molar-refractivity contribution in [3.05, 3.63) is 59.7 Å². The summed E-state index contributed by atoms with van der Waals surface area (Å²) in [7, 11) is -3.85. The highest BCUT2D eigenvalue weighted by molar-refractivity contribution is 7.91. The number of rotatable bonds is 28. The number of unbranched alkanes of at least 4 members (excludes halogenated alkanes) is 8.